The number of fused-ring (bicyclic) bond motifs is 3. The topological polar surface area (TPSA) is 153 Å². The Balaban J connectivity index is 1.05. The fraction of sp³-hybridized carbons (Fsp3) is 0.464. The second kappa shape index (κ2) is 9.51. The summed E-state index contributed by atoms with van der Waals surface area (Å²) >= 11 is 0. The van der Waals surface area contributed by atoms with Crippen LogP contribution in [0.25, 0.3) is 0 Å². The van der Waals surface area contributed by atoms with Crippen LogP contribution in [-0.4, -0.2) is 61.6 Å². The number of carbonyl (C=O) groups excluding carboxylic acids is 1. The van der Waals surface area contributed by atoms with Gasteiger partial charge in [0.05, 0.1) is 35.3 Å². The highest BCUT2D eigenvalue weighted by molar-refractivity contribution is 7.90. The number of hydrogen-bond acceptors (Lipinski definition) is 8. The normalized spacial score (nSPS) is 20.8. The van der Waals surface area contributed by atoms with Crippen LogP contribution in [0.5, 0.6) is 5.88 Å². The highest BCUT2D eigenvalue weighted by Gasteiger charge is 2.52. The number of aryl methyl sites for hydroxylation is 2. The minimum Gasteiger partial charge on any atom is -0.476 e. The lowest BCUT2D eigenvalue weighted by Gasteiger charge is -2.50. The van der Waals surface area contributed by atoms with Crippen LogP contribution in [0.2, 0.25) is 0 Å². The Labute approximate surface area is 244 Å². The van der Waals surface area contributed by atoms with E-state index in [0.717, 1.165) is 66.4 Å². The van der Waals surface area contributed by atoms with Crippen LogP contribution < -0.4 is 14.8 Å². The van der Waals surface area contributed by atoms with Gasteiger partial charge in [-0.3, -0.25) is 4.98 Å². The van der Waals surface area contributed by atoms with E-state index in [4.69, 9.17) is 9.72 Å². The lowest BCUT2D eigenvalue weighted by Crippen LogP contribution is -2.63. The summed E-state index contributed by atoms with van der Waals surface area (Å²) in [5, 5.41) is 7.04. The summed E-state index contributed by atoms with van der Waals surface area (Å²) in [6.07, 6.45) is 5.48. The first-order valence-corrected chi connectivity index (χ1v) is 17.0. The van der Waals surface area contributed by atoms with Crippen molar-refractivity contribution in [3.63, 3.8) is 0 Å². The summed E-state index contributed by atoms with van der Waals surface area (Å²) in [4.78, 5) is 17.9. The molecule has 14 heteroatoms. The monoisotopic (exact) mass is 612 g/mol. The number of carbonyl (C=O) groups is 1. The van der Waals surface area contributed by atoms with Gasteiger partial charge in [-0.25, -0.2) is 31.0 Å². The molecule has 12 nitrogen and oxygen atoms in total. The van der Waals surface area contributed by atoms with Gasteiger partial charge in [0.1, 0.15) is 0 Å². The van der Waals surface area contributed by atoms with Crippen LogP contribution in [0, 0.1) is 12.3 Å². The molecule has 1 spiro atoms. The maximum atomic E-state index is 13.3. The highest BCUT2D eigenvalue weighted by atomic mass is 32.2. The molecule has 1 saturated heterocycles. The summed E-state index contributed by atoms with van der Waals surface area (Å²) in [7, 11) is -7.95. The maximum Gasteiger partial charge on any atom is 0.333 e. The van der Waals surface area contributed by atoms with E-state index in [1.807, 2.05) is 6.92 Å². The molecule has 1 atom stereocenters. The first kappa shape index (κ1) is 27.3. The van der Waals surface area contributed by atoms with Gasteiger partial charge in [-0.1, -0.05) is 24.6 Å². The molecule has 1 aromatic carbocycles. The molecule has 3 aromatic rings. The zero-order valence-electron chi connectivity index (χ0n) is 23.4. The summed E-state index contributed by atoms with van der Waals surface area (Å²) in [6.45, 7) is 4.88. The largest absolute Gasteiger partial charge is 0.476 e. The Kier molecular flexibility index (Phi) is 6.19. The lowest BCUT2D eigenvalue weighted by atomic mass is 9.82. The van der Waals surface area contributed by atoms with Gasteiger partial charge in [-0.05, 0) is 68.2 Å². The average Bonchev–Trinajstić information content (AvgIpc) is 3.65. The van der Waals surface area contributed by atoms with Crippen LogP contribution in [0.1, 0.15) is 53.8 Å². The van der Waals surface area contributed by atoms with Crippen LogP contribution in [0.3, 0.4) is 0 Å². The number of ether oxygens (including phenoxy) is 1. The van der Waals surface area contributed by atoms with Crippen LogP contribution in [-0.2, 0) is 45.9 Å². The predicted molar refractivity (Wildman–Crippen MR) is 152 cm³/mol. The summed E-state index contributed by atoms with van der Waals surface area (Å²) < 4.78 is 63.5. The SMILES string of the molecule is Cc1ccc(S(=O)(=O)N2CC3(COc4c(S(=O)(=O)NC(=O)Nc5c6c(nc7c5CCC7C)CCC6)cnn4C3)C2)cc1. The van der Waals surface area contributed by atoms with Gasteiger partial charge in [0, 0.05) is 24.5 Å². The van der Waals surface area contributed by atoms with Gasteiger partial charge in [-0.15, -0.1) is 0 Å². The quantitative estimate of drug-likeness (QED) is 0.446. The average molecular weight is 613 g/mol. The minimum absolute atomic E-state index is 0.0280. The summed E-state index contributed by atoms with van der Waals surface area (Å²) in [5.74, 6) is 0.323. The number of hydrogen-bond donors (Lipinski definition) is 2. The molecule has 7 rings (SSSR count). The molecule has 0 saturated carbocycles. The molecule has 2 amide bonds. The van der Waals surface area contributed by atoms with Crippen LogP contribution in [0.15, 0.2) is 40.3 Å². The Morgan fingerprint density at radius 3 is 2.57 bits per heavy atom. The number of aromatic nitrogens is 3. The van der Waals surface area contributed by atoms with Crippen molar-refractivity contribution in [1.29, 1.82) is 0 Å². The molecule has 1 fully saturated rings. The smallest absolute Gasteiger partial charge is 0.333 e. The van der Waals surface area contributed by atoms with Crippen molar-refractivity contribution in [1.82, 2.24) is 23.8 Å². The molecular weight excluding hydrogens is 580 g/mol. The lowest BCUT2D eigenvalue weighted by molar-refractivity contribution is -0.0274. The van der Waals surface area contributed by atoms with E-state index in [9.17, 15) is 21.6 Å². The molecule has 2 aromatic heterocycles. The fourth-order valence-electron chi connectivity index (χ4n) is 6.58. The van der Waals surface area contributed by atoms with Gasteiger partial charge >= 0.3 is 6.03 Å². The van der Waals surface area contributed by atoms with Gasteiger partial charge in [-0.2, -0.15) is 9.40 Å². The molecule has 42 heavy (non-hydrogen) atoms. The van der Waals surface area contributed by atoms with E-state index in [1.54, 1.807) is 24.3 Å². The predicted octanol–water partition coefficient (Wildman–Crippen LogP) is 2.72. The van der Waals surface area contributed by atoms with Crippen LogP contribution in [0.4, 0.5) is 10.5 Å². The number of benzene rings is 1. The fourth-order valence-corrected chi connectivity index (χ4v) is 9.23. The number of sulfonamides is 2. The number of pyridine rings is 1. The van der Waals surface area contributed by atoms with Crippen molar-refractivity contribution >= 4 is 31.8 Å². The first-order chi connectivity index (χ1) is 20.0. The third kappa shape index (κ3) is 4.38. The van der Waals surface area contributed by atoms with Crippen molar-refractivity contribution in [3.05, 3.63) is 58.5 Å². The molecule has 0 bridgehead atoms. The highest BCUT2D eigenvalue weighted by Crippen LogP contribution is 2.43. The number of urea groups is 1. The second-order valence-corrected chi connectivity index (χ2v) is 15.6. The van der Waals surface area contributed by atoms with Gasteiger partial charge in [0.25, 0.3) is 10.0 Å². The van der Waals surface area contributed by atoms with Crippen molar-refractivity contribution in [2.45, 2.75) is 68.2 Å². The standard InChI is InChI=1S/C28H32N6O6S2/c1-17-6-9-19(10-7-17)42(38,39)33-13-28(14-33)15-34-26(40-16-28)23(12-29-34)41(36,37)32-27(35)31-25-20-4-3-5-22(20)30-24-18(2)8-11-21(24)25/h6-7,9-10,12,18H,3-5,8,11,13-16H2,1-2H3,(H2,30,31,32,35). The molecule has 2 aliphatic heterocycles. The Morgan fingerprint density at radius 1 is 1.05 bits per heavy atom. The van der Waals surface area contributed by atoms with Crippen molar-refractivity contribution in [2.75, 3.05) is 25.0 Å². The molecule has 2 aliphatic carbocycles. The maximum absolute atomic E-state index is 13.3. The zero-order valence-corrected chi connectivity index (χ0v) is 25.0. The minimum atomic E-state index is -4.31. The third-order valence-corrected chi connectivity index (χ3v) is 12.0. The third-order valence-electron chi connectivity index (χ3n) is 8.85. The zero-order chi connectivity index (χ0) is 29.4. The molecule has 222 valence electrons. The van der Waals surface area contributed by atoms with E-state index in [2.05, 4.69) is 22.1 Å². The van der Waals surface area contributed by atoms with E-state index in [0.29, 0.717) is 11.6 Å². The van der Waals surface area contributed by atoms with Crippen molar-refractivity contribution in [2.24, 2.45) is 5.41 Å². The van der Waals surface area contributed by atoms with Crippen LogP contribution >= 0.6 is 0 Å². The molecule has 2 N–H and O–H groups in total. The Hall–Kier alpha value is -3.49. The van der Waals surface area contributed by atoms with Gasteiger partial charge in [0.2, 0.25) is 15.9 Å². The number of nitrogens with zero attached hydrogens (tertiary/aromatic N) is 4. The summed E-state index contributed by atoms with van der Waals surface area (Å²) in [5.41, 5.74) is 5.09. The van der Waals surface area contributed by atoms with Gasteiger partial charge in [0.15, 0.2) is 4.90 Å². The van der Waals surface area contributed by atoms with E-state index >= 15 is 0 Å². The molecule has 4 heterocycles. The number of nitrogens with one attached hydrogen (secondary N) is 2. The van der Waals surface area contributed by atoms with Crippen molar-refractivity contribution < 1.29 is 26.4 Å². The molecular formula is C28H32N6O6S2. The van der Waals surface area contributed by atoms with E-state index < -0.39 is 31.5 Å². The van der Waals surface area contributed by atoms with Crippen molar-refractivity contribution in [3.8, 4) is 5.88 Å². The Morgan fingerprint density at radius 2 is 1.81 bits per heavy atom. The van der Waals surface area contributed by atoms with E-state index in [-0.39, 0.29) is 41.9 Å². The Bertz CT molecular complexity index is 1830. The number of anilines is 1. The molecule has 1 unspecified atom stereocenters. The number of rotatable bonds is 5. The van der Waals surface area contributed by atoms with Gasteiger partial charge < -0.3 is 10.1 Å². The van der Waals surface area contributed by atoms with E-state index in [1.165, 1.54) is 8.99 Å². The first-order valence-electron chi connectivity index (χ1n) is 14.1. The summed E-state index contributed by atoms with van der Waals surface area (Å²) in [6, 6.07) is 5.86. The molecule has 0 radical (unpaired) electrons. The molecule has 4 aliphatic rings. The number of amides is 2. The second-order valence-electron chi connectivity index (χ2n) is 12.0.